The summed E-state index contributed by atoms with van der Waals surface area (Å²) in [6, 6.07) is 5.70. The van der Waals surface area contributed by atoms with E-state index in [1.807, 2.05) is 34.6 Å². The topological polar surface area (TPSA) is 68.5 Å². The number of carbonyl (C=O) groups excluding carboxylic acids is 1. The number of aromatic nitrogens is 1. The monoisotopic (exact) mass is 359 g/mol. The van der Waals surface area contributed by atoms with Gasteiger partial charge in [-0.1, -0.05) is 0 Å². The Bertz CT molecular complexity index is 783. The summed E-state index contributed by atoms with van der Waals surface area (Å²) in [4.78, 5) is 19.3. The second-order valence-corrected chi connectivity index (χ2v) is 6.60. The van der Waals surface area contributed by atoms with Crippen molar-refractivity contribution in [2.75, 3.05) is 12.3 Å². The van der Waals surface area contributed by atoms with Crippen molar-refractivity contribution in [1.29, 1.82) is 0 Å². The van der Waals surface area contributed by atoms with E-state index in [9.17, 15) is 9.18 Å². The number of ether oxygens (including phenoxy) is 1. The number of halogens is 1. The average molecular weight is 359 g/mol. The molecule has 0 saturated carbocycles. The normalized spacial score (nSPS) is 11.1. The number of pyridine rings is 1. The number of anilines is 1. The molecular weight excluding hydrogens is 333 g/mol. The molecule has 0 atom stereocenters. The lowest BCUT2D eigenvalue weighted by molar-refractivity contribution is 0.0644. The van der Waals surface area contributed by atoms with Crippen molar-refractivity contribution >= 4 is 11.6 Å². The van der Waals surface area contributed by atoms with Gasteiger partial charge in [0.25, 0.3) is 5.91 Å². The molecule has 0 saturated heterocycles. The van der Waals surface area contributed by atoms with E-state index in [0.717, 1.165) is 0 Å². The minimum atomic E-state index is -0.441. The zero-order valence-electron chi connectivity index (χ0n) is 15.9. The molecular formula is C20H26FN3O2. The molecule has 0 fully saturated rings. The highest BCUT2D eigenvalue weighted by Crippen LogP contribution is 2.37. The van der Waals surface area contributed by atoms with E-state index in [0.29, 0.717) is 29.0 Å². The molecule has 1 amide bonds. The Morgan fingerprint density at radius 2 is 1.88 bits per heavy atom. The number of nitrogen functional groups attached to an aromatic ring is 1. The lowest BCUT2D eigenvalue weighted by Gasteiger charge is -2.31. The minimum absolute atomic E-state index is 0.00363. The number of hydrogen-bond donors (Lipinski definition) is 1. The summed E-state index contributed by atoms with van der Waals surface area (Å²) in [5.74, 6) is -0.344. The van der Waals surface area contributed by atoms with Gasteiger partial charge in [0.05, 0.1) is 17.7 Å². The maximum absolute atomic E-state index is 13.9. The number of carbonyl (C=O) groups is 1. The van der Waals surface area contributed by atoms with Crippen LogP contribution in [0.4, 0.5) is 10.1 Å². The molecule has 1 aromatic heterocycles. The lowest BCUT2D eigenvalue weighted by Crippen LogP contribution is -2.42. The van der Waals surface area contributed by atoms with Gasteiger partial charge in [-0.25, -0.2) is 9.37 Å². The highest BCUT2D eigenvalue weighted by molar-refractivity contribution is 6.03. The van der Waals surface area contributed by atoms with E-state index in [-0.39, 0.29) is 23.9 Å². The predicted octanol–water partition coefficient (Wildman–Crippen LogP) is 4.13. The molecule has 6 heteroatoms. The Morgan fingerprint density at radius 3 is 2.46 bits per heavy atom. The van der Waals surface area contributed by atoms with E-state index in [1.165, 1.54) is 24.4 Å². The number of benzene rings is 1. The first-order chi connectivity index (χ1) is 12.3. The predicted molar refractivity (Wildman–Crippen MR) is 102 cm³/mol. The van der Waals surface area contributed by atoms with Gasteiger partial charge < -0.3 is 15.4 Å². The van der Waals surface area contributed by atoms with Gasteiger partial charge in [-0.3, -0.25) is 4.79 Å². The van der Waals surface area contributed by atoms with Crippen molar-refractivity contribution in [2.24, 2.45) is 0 Å². The third-order valence-corrected chi connectivity index (χ3v) is 4.06. The first kappa shape index (κ1) is 19.7. The summed E-state index contributed by atoms with van der Waals surface area (Å²) in [5, 5.41) is 0. The molecule has 0 aliphatic rings. The van der Waals surface area contributed by atoms with Crippen LogP contribution in [0.1, 0.15) is 45.0 Å². The Balaban J connectivity index is 2.73. The molecule has 2 aromatic rings. The molecule has 2 rings (SSSR count). The van der Waals surface area contributed by atoms with Crippen molar-refractivity contribution in [1.82, 2.24) is 9.88 Å². The van der Waals surface area contributed by atoms with Gasteiger partial charge in [-0.15, -0.1) is 0 Å². The van der Waals surface area contributed by atoms with Crippen LogP contribution in [0.3, 0.4) is 0 Å². The smallest absolute Gasteiger partial charge is 0.255 e. The van der Waals surface area contributed by atoms with Gasteiger partial charge in [0.1, 0.15) is 5.82 Å². The zero-order chi connectivity index (χ0) is 19.4. The second-order valence-electron chi connectivity index (χ2n) is 6.60. The molecule has 0 aliphatic heterocycles. The second kappa shape index (κ2) is 8.17. The Kier molecular flexibility index (Phi) is 6.18. The summed E-state index contributed by atoms with van der Waals surface area (Å²) < 4.78 is 19.5. The maximum atomic E-state index is 13.9. The molecule has 140 valence electrons. The Morgan fingerprint density at radius 1 is 1.23 bits per heavy atom. The standard InChI is InChI=1S/C20H26FN3O2/c1-6-26-19-18(16-11-14(21)7-8-17(16)22)15(9-10-23-19)20(25)24(12(2)3)13(4)5/h7-13H,6,22H2,1-5H3. The summed E-state index contributed by atoms with van der Waals surface area (Å²) in [6.07, 6.45) is 1.52. The van der Waals surface area contributed by atoms with E-state index in [4.69, 9.17) is 10.5 Å². The fraction of sp³-hybridized carbons (Fsp3) is 0.400. The molecule has 0 spiro atoms. The van der Waals surface area contributed by atoms with Crippen molar-refractivity contribution in [2.45, 2.75) is 46.7 Å². The molecule has 1 heterocycles. The van der Waals surface area contributed by atoms with Crippen LogP contribution >= 0.6 is 0 Å². The molecule has 0 aliphatic carbocycles. The highest BCUT2D eigenvalue weighted by Gasteiger charge is 2.27. The van der Waals surface area contributed by atoms with E-state index >= 15 is 0 Å². The van der Waals surface area contributed by atoms with Crippen LogP contribution in [0.5, 0.6) is 5.88 Å². The van der Waals surface area contributed by atoms with Gasteiger partial charge in [0.15, 0.2) is 0 Å². The number of nitrogens with zero attached hydrogens (tertiary/aromatic N) is 2. The number of rotatable bonds is 6. The quantitative estimate of drug-likeness (QED) is 0.788. The average Bonchev–Trinajstić information content (AvgIpc) is 2.56. The van der Waals surface area contributed by atoms with Crippen LogP contribution in [0, 0.1) is 5.82 Å². The molecule has 5 nitrogen and oxygen atoms in total. The van der Waals surface area contributed by atoms with Crippen LogP contribution in [0.15, 0.2) is 30.5 Å². The van der Waals surface area contributed by atoms with E-state index in [1.54, 1.807) is 11.0 Å². The van der Waals surface area contributed by atoms with E-state index < -0.39 is 5.82 Å². The van der Waals surface area contributed by atoms with Gasteiger partial charge in [-0.05, 0) is 58.9 Å². The highest BCUT2D eigenvalue weighted by atomic mass is 19.1. The van der Waals surface area contributed by atoms with Crippen LogP contribution in [0.2, 0.25) is 0 Å². The van der Waals surface area contributed by atoms with E-state index in [2.05, 4.69) is 4.98 Å². The number of nitrogens with two attached hydrogens (primary N) is 1. The minimum Gasteiger partial charge on any atom is -0.478 e. The Hall–Kier alpha value is -2.63. The van der Waals surface area contributed by atoms with Crippen molar-refractivity contribution in [3.63, 3.8) is 0 Å². The fourth-order valence-corrected chi connectivity index (χ4v) is 3.08. The van der Waals surface area contributed by atoms with Crippen LogP contribution in [-0.2, 0) is 0 Å². The third-order valence-electron chi connectivity index (χ3n) is 4.06. The lowest BCUT2D eigenvalue weighted by atomic mass is 9.97. The van der Waals surface area contributed by atoms with Gasteiger partial charge in [0.2, 0.25) is 5.88 Å². The van der Waals surface area contributed by atoms with Crippen LogP contribution in [0.25, 0.3) is 11.1 Å². The zero-order valence-corrected chi connectivity index (χ0v) is 15.9. The first-order valence-electron chi connectivity index (χ1n) is 8.77. The first-order valence-corrected chi connectivity index (χ1v) is 8.77. The molecule has 1 aromatic carbocycles. The molecule has 0 bridgehead atoms. The molecule has 2 N–H and O–H groups in total. The Labute approximate surface area is 154 Å². The van der Waals surface area contributed by atoms with Crippen molar-refractivity contribution in [3.05, 3.63) is 41.8 Å². The fourth-order valence-electron chi connectivity index (χ4n) is 3.08. The molecule has 0 radical (unpaired) electrons. The summed E-state index contributed by atoms with van der Waals surface area (Å²) in [6.45, 7) is 10.0. The van der Waals surface area contributed by atoms with Gasteiger partial charge >= 0.3 is 0 Å². The molecule has 0 unspecified atom stereocenters. The largest absolute Gasteiger partial charge is 0.478 e. The SMILES string of the molecule is CCOc1nccc(C(=O)N(C(C)C)C(C)C)c1-c1cc(F)ccc1N. The van der Waals surface area contributed by atoms with Crippen molar-refractivity contribution < 1.29 is 13.9 Å². The maximum Gasteiger partial charge on any atom is 0.255 e. The van der Waals surface area contributed by atoms with Gasteiger partial charge in [0, 0.05) is 29.5 Å². The molecule has 26 heavy (non-hydrogen) atoms. The summed E-state index contributed by atoms with van der Waals surface area (Å²) in [5.41, 5.74) is 7.64. The van der Waals surface area contributed by atoms with Crippen LogP contribution < -0.4 is 10.5 Å². The summed E-state index contributed by atoms with van der Waals surface area (Å²) >= 11 is 0. The van der Waals surface area contributed by atoms with Gasteiger partial charge in [-0.2, -0.15) is 0 Å². The van der Waals surface area contributed by atoms with Crippen LogP contribution in [-0.4, -0.2) is 34.5 Å². The number of hydrogen-bond acceptors (Lipinski definition) is 4. The third kappa shape index (κ3) is 3.95. The summed E-state index contributed by atoms with van der Waals surface area (Å²) in [7, 11) is 0. The number of amides is 1. The van der Waals surface area contributed by atoms with Crippen molar-refractivity contribution in [3.8, 4) is 17.0 Å².